The highest BCUT2D eigenvalue weighted by molar-refractivity contribution is 6.10. The standard InChI is InChI=1S/C23H22N4O8/c1-23(13-3-5-15-17(9-13)33-8-2-7-32-15)20(29)27(22(31)26-23)11-19(28)25-21(30)24-14-4-6-16-18(10-14)35-12-34-16/h3-6,9-10H,2,7-8,11-12H2,1H3,(H,26,31)(H2,24,25,28,30)/t23-/m1/s1. The number of anilines is 1. The summed E-state index contributed by atoms with van der Waals surface area (Å²) >= 11 is 0. The van der Waals surface area contributed by atoms with E-state index in [-0.39, 0.29) is 6.79 Å². The molecule has 1 fully saturated rings. The molecule has 1 saturated heterocycles. The number of hydrogen-bond donors (Lipinski definition) is 3. The van der Waals surface area contributed by atoms with Gasteiger partial charge in [0.15, 0.2) is 23.0 Å². The fourth-order valence-corrected chi connectivity index (χ4v) is 3.96. The van der Waals surface area contributed by atoms with Crippen LogP contribution in [0.2, 0.25) is 0 Å². The van der Waals surface area contributed by atoms with Crippen LogP contribution in [0, 0.1) is 0 Å². The van der Waals surface area contributed by atoms with Crippen LogP contribution in [0.5, 0.6) is 23.0 Å². The first-order valence-electron chi connectivity index (χ1n) is 10.9. The molecule has 6 amide bonds. The van der Waals surface area contributed by atoms with Crippen molar-refractivity contribution in [2.75, 3.05) is 31.9 Å². The Bertz CT molecular complexity index is 1230. The van der Waals surface area contributed by atoms with Crippen LogP contribution in [0.25, 0.3) is 0 Å². The third-order valence-electron chi connectivity index (χ3n) is 5.78. The van der Waals surface area contributed by atoms with Crippen molar-refractivity contribution >= 4 is 29.6 Å². The minimum Gasteiger partial charge on any atom is -0.490 e. The van der Waals surface area contributed by atoms with Crippen molar-refractivity contribution in [3.05, 3.63) is 42.0 Å². The van der Waals surface area contributed by atoms with Gasteiger partial charge in [0, 0.05) is 18.2 Å². The summed E-state index contributed by atoms with van der Waals surface area (Å²) in [4.78, 5) is 51.1. The number of imide groups is 2. The first-order chi connectivity index (χ1) is 16.8. The lowest BCUT2D eigenvalue weighted by atomic mass is 9.91. The van der Waals surface area contributed by atoms with Crippen molar-refractivity contribution < 1.29 is 38.1 Å². The van der Waals surface area contributed by atoms with Crippen LogP contribution < -0.4 is 34.9 Å². The summed E-state index contributed by atoms with van der Waals surface area (Å²) < 4.78 is 21.7. The maximum absolute atomic E-state index is 13.2. The van der Waals surface area contributed by atoms with Crippen LogP contribution in [0.4, 0.5) is 15.3 Å². The van der Waals surface area contributed by atoms with Crippen molar-refractivity contribution in [1.82, 2.24) is 15.5 Å². The molecule has 0 aliphatic carbocycles. The lowest BCUT2D eigenvalue weighted by molar-refractivity contribution is -0.134. The van der Waals surface area contributed by atoms with E-state index < -0.39 is 36.0 Å². The van der Waals surface area contributed by atoms with E-state index in [0.717, 1.165) is 11.3 Å². The van der Waals surface area contributed by atoms with Crippen LogP contribution in [0.1, 0.15) is 18.9 Å². The van der Waals surface area contributed by atoms with Gasteiger partial charge in [-0.05, 0) is 36.8 Å². The van der Waals surface area contributed by atoms with Gasteiger partial charge in [-0.2, -0.15) is 0 Å². The molecular formula is C23H22N4O8. The number of nitrogens with zero attached hydrogens (tertiary/aromatic N) is 1. The Morgan fingerprint density at radius 3 is 2.49 bits per heavy atom. The lowest BCUT2D eigenvalue weighted by Crippen LogP contribution is -2.45. The summed E-state index contributed by atoms with van der Waals surface area (Å²) in [5.74, 6) is 0.554. The van der Waals surface area contributed by atoms with Gasteiger partial charge in [0.05, 0.1) is 13.2 Å². The second kappa shape index (κ2) is 8.70. The summed E-state index contributed by atoms with van der Waals surface area (Å²) in [6, 6.07) is 8.14. The molecule has 0 saturated carbocycles. The maximum Gasteiger partial charge on any atom is 0.325 e. The monoisotopic (exact) mass is 482 g/mol. The molecule has 2 aromatic rings. The number of carbonyl (C=O) groups excluding carboxylic acids is 4. The Morgan fingerprint density at radius 2 is 1.66 bits per heavy atom. The second-order valence-electron chi connectivity index (χ2n) is 8.23. The maximum atomic E-state index is 13.2. The van der Waals surface area contributed by atoms with E-state index in [1.54, 1.807) is 36.4 Å². The number of amides is 6. The average molecular weight is 482 g/mol. The quantitative estimate of drug-likeness (QED) is 0.559. The molecule has 1 atom stereocenters. The number of urea groups is 2. The van der Waals surface area contributed by atoms with Crippen LogP contribution in [0.15, 0.2) is 36.4 Å². The molecule has 3 N–H and O–H groups in total. The number of rotatable bonds is 4. The Hall–Kier alpha value is -4.48. The summed E-state index contributed by atoms with van der Waals surface area (Å²) in [6.07, 6.45) is 0.724. The molecule has 2 aromatic carbocycles. The van der Waals surface area contributed by atoms with E-state index in [2.05, 4.69) is 16.0 Å². The molecule has 3 aliphatic heterocycles. The molecule has 0 radical (unpaired) electrons. The fraction of sp³-hybridized carbons (Fsp3) is 0.304. The van der Waals surface area contributed by atoms with Crippen molar-refractivity contribution in [3.63, 3.8) is 0 Å². The van der Waals surface area contributed by atoms with Gasteiger partial charge in [-0.3, -0.25) is 19.8 Å². The SMILES string of the molecule is C[C@]1(c2ccc3c(c2)OCCCO3)NC(=O)N(CC(=O)NC(=O)Nc2ccc3c(c2)OCO3)C1=O. The van der Waals surface area contributed by atoms with E-state index in [0.29, 0.717) is 47.5 Å². The first-order valence-corrected chi connectivity index (χ1v) is 10.9. The second-order valence-corrected chi connectivity index (χ2v) is 8.23. The molecule has 0 bridgehead atoms. The highest BCUT2D eigenvalue weighted by Crippen LogP contribution is 2.37. The lowest BCUT2D eigenvalue weighted by Gasteiger charge is -2.23. The van der Waals surface area contributed by atoms with Gasteiger partial charge in [-0.15, -0.1) is 0 Å². The Balaban J connectivity index is 1.23. The molecule has 3 aliphatic rings. The summed E-state index contributed by atoms with van der Waals surface area (Å²) in [5.41, 5.74) is -0.573. The summed E-state index contributed by atoms with van der Waals surface area (Å²) in [5, 5.41) is 7.22. The zero-order chi connectivity index (χ0) is 24.6. The number of nitrogens with one attached hydrogen (secondary N) is 3. The van der Waals surface area contributed by atoms with E-state index in [4.69, 9.17) is 18.9 Å². The molecule has 12 heteroatoms. The topological polar surface area (TPSA) is 145 Å². The van der Waals surface area contributed by atoms with Gasteiger partial charge in [-0.1, -0.05) is 6.07 Å². The minimum absolute atomic E-state index is 0.0839. The molecule has 5 rings (SSSR count). The molecule has 182 valence electrons. The van der Waals surface area contributed by atoms with Gasteiger partial charge in [0.1, 0.15) is 12.1 Å². The summed E-state index contributed by atoms with van der Waals surface area (Å²) in [6.45, 7) is 1.97. The third-order valence-corrected chi connectivity index (χ3v) is 5.78. The molecule has 0 aromatic heterocycles. The Morgan fingerprint density at radius 1 is 0.971 bits per heavy atom. The van der Waals surface area contributed by atoms with Crippen molar-refractivity contribution in [2.45, 2.75) is 18.9 Å². The number of ether oxygens (including phenoxy) is 4. The normalized spacial score (nSPS) is 20.2. The predicted molar refractivity (Wildman–Crippen MR) is 119 cm³/mol. The number of benzene rings is 2. The largest absolute Gasteiger partial charge is 0.490 e. The van der Waals surface area contributed by atoms with Crippen molar-refractivity contribution in [1.29, 1.82) is 0 Å². The third kappa shape index (κ3) is 4.25. The van der Waals surface area contributed by atoms with Crippen LogP contribution >= 0.6 is 0 Å². The molecule has 0 unspecified atom stereocenters. The molecular weight excluding hydrogens is 460 g/mol. The van der Waals surface area contributed by atoms with Gasteiger partial charge in [0.2, 0.25) is 12.7 Å². The molecule has 0 spiro atoms. The number of carbonyl (C=O) groups is 4. The van der Waals surface area contributed by atoms with Gasteiger partial charge < -0.3 is 29.6 Å². The smallest absolute Gasteiger partial charge is 0.325 e. The van der Waals surface area contributed by atoms with E-state index in [9.17, 15) is 19.2 Å². The fourth-order valence-electron chi connectivity index (χ4n) is 3.96. The van der Waals surface area contributed by atoms with Crippen LogP contribution in [-0.4, -0.2) is 55.3 Å². The van der Waals surface area contributed by atoms with E-state index in [1.165, 1.54) is 6.92 Å². The molecule has 3 heterocycles. The minimum atomic E-state index is -1.42. The highest BCUT2D eigenvalue weighted by atomic mass is 16.7. The Kier molecular flexibility index (Phi) is 5.55. The van der Waals surface area contributed by atoms with Crippen molar-refractivity contribution in [2.24, 2.45) is 0 Å². The molecule has 12 nitrogen and oxygen atoms in total. The van der Waals surface area contributed by atoms with Gasteiger partial charge >= 0.3 is 12.1 Å². The van der Waals surface area contributed by atoms with Gasteiger partial charge in [0.25, 0.3) is 5.91 Å². The van der Waals surface area contributed by atoms with Crippen LogP contribution in [-0.2, 0) is 15.1 Å². The zero-order valence-corrected chi connectivity index (χ0v) is 18.7. The van der Waals surface area contributed by atoms with Crippen LogP contribution in [0.3, 0.4) is 0 Å². The first kappa shape index (κ1) is 22.3. The molecule has 35 heavy (non-hydrogen) atoms. The van der Waals surface area contributed by atoms with E-state index >= 15 is 0 Å². The van der Waals surface area contributed by atoms with E-state index in [1.807, 2.05) is 0 Å². The zero-order valence-electron chi connectivity index (χ0n) is 18.7. The van der Waals surface area contributed by atoms with Gasteiger partial charge in [-0.25, -0.2) is 9.59 Å². The average Bonchev–Trinajstić information content (AvgIpc) is 3.27. The van der Waals surface area contributed by atoms with Crippen molar-refractivity contribution in [3.8, 4) is 23.0 Å². The summed E-state index contributed by atoms with van der Waals surface area (Å²) in [7, 11) is 0. The predicted octanol–water partition coefficient (Wildman–Crippen LogP) is 1.69. The Labute approximate surface area is 199 Å². The highest BCUT2D eigenvalue weighted by Gasteiger charge is 2.49. The number of hydrogen-bond acceptors (Lipinski definition) is 8. The number of fused-ring (bicyclic) bond motifs is 2.